The third-order valence-corrected chi connectivity index (χ3v) is 6.42. The van der Waals surface area contributed by atoms with E-state index in [9.17, 15) is 17.6 Å². The van der Waals surface area contributed by atoms with Crippen molar-refractivity contribution < 1.29 is 17.6 Å². The third-order valence-electron chi connectivity index (χ3n) is 4.55. The van der Waals surface area contributed by atoms with E-state index in [-0.39, 0.29) is 23.8 Å². The Balaban J connectivity index is 2.57. The maximum absolute atomic E-state index is 12.9. The molecule has 0 heterocycles. The van der Waals surface area contributed by atoms with Gasteiger partial charge in [-0.3, -0.25) is 4.79 Å². The second-order valence-electron chi connectivity index (χ2n) is 6.12. The number of benzene rings is 1. The molecule has 0 fully saturated rings. The molecule has 25 heavy (non-hydrogen) atoms. The molecule has 1 amide bonds. The molecule has 0 bridgehead atoms. The molecule has 8 heteroatoms. The van der Waals surface area contributed by atoms with Crippen LogP contribution in [0.15, 0.2) is 29.2 Å². The Hall–Kier alpha value is -1.51. The number of amides is 1. The smallest absolute Gasteiger partial charge is 0.242 e. The molecule has 0 aliphatic rings. The van der Waals surface area contributed by atoms with Crippen molar-refractivity contribution in [3.8, 4) is 0 Å². The first kappa shape index (κ1) is 21.5. The Morgan fingerprint density at radius 3 is 2.28 bits per heavy atom. The minimum atomic E-state index is -3.69. The van der Waals surface area contributed by atoms with Crippen LogP contribution in [0.5, 0.6) is 0 Å². The van der Waals surface area contributed by atoms with Crippen molar-refractivity contribution in [3.63, 3.8) is 0 Å². The van der Waals surface area contributed by atoms with Gasteiger partial charge in [0.15, 0.2) is 0 Å². The molecule has 1 rings (SSSR count). The lowest BCUT2D eigenvalue weighted by Gasteiger charge is -2.31. The van der Waals surface area contributed by atoms with Crippen LogP contribution in [0.2, 0.25) is 0 Å². The molecule has 0 radical (unpaired) electrons. The predicted octanol–water partition coefficient (Wildman–Crippen LogP) is 1.86. The Morgan fingerprint density at radius 2 is 1.80 bits per heavy atom. The first-order valence-electron chi connectivity index (χ1n) is 8.43. The van der Waals surface area contributed by atoms with Crippen LogP contribution in [0.1, 0.15) is 39.5 Å². The zero-order valence-corrected chi connectivity index (χ0v) is 15.9. The highest BCUT2D eigenvalue weighted by atomic mass is 32.2. The highest BCUT2D eigenvalue weighted by Gasteiger charge is 2.26. The molecule has 0 aromatic heterocycles. The second kappa shape index (κ2) is 9.26. The van der Waals surface area contributed by atoms with Crippen molar-refractivity contribution in [2.45, 2.75) is 50.0 Å². The molecule has 0 aliphatic carbocycles. The van der Waals surface area contributed by atoms with Crippen LogP contribution in [0.25, 0.3) is 0 Å². The number of nitrogens with zero attached hydrogens (tertiary/aromatic N) is 1. The normalized spacial score (nSPS) is 12.4. The molecule has 0 saturated carbocycles. The maximum Gasteiger partial charge on any atom is 0.242 e. The van der Waals surface area contributed by atoms with Crippen molar-refractivity contribution in [1.82, 2.24) is 9.62 Å². The lowest BCUT2D eigenvalue weighted by Crippen LogP contribution is -2.52. The second-order valence-corrected chi connectivity index (χ2v) is 8.17. The van der Waals surface area contributed by atoms with Crippen molar-refractivity contribution in [2.24, 2.45) is 5.73 Å². The van der Waals surface area contributed by atoms with Gasteiger partial charge in [0.2, 0.25) is 15.9 Å². The average Bonchev–Trinajstić information content (AvgIpc) is 2.60. The van der Waals surface area contributed by atoms with Gasteiger partial charge in [-0.1, -0.05) is 13.8 Å². The summed E-state index contributed by atoms with van der Waals surface area (Å²) < 4.78 is 38.8. The SMILES string of the molecule is CCC(CC)(CN)NC(=O)CCCN(C)S(=O)(=O)c1ccc(F)cc1. The van der Waals surface area contributed by atoms with Crippen LogP contribution in [-0.4, -0.2) is 44.3 Å². The monoisotopic (exact) mass is 373 g/mol. The van der Waals surface area contributed by atoms with Crippen LogP contribution in [0.4, 0.5) is 4.39 Å². The summed E-state index contributed by atoms with van der Waals surface area (Å²) in [5.41, 5.74) is 5.36. The Bertz CT molecular complexity index is 650. The van der Waals surface area contributed by atoms with Gasteiger partial charge in [-0.2, -0.15) is 0 Å². The first-order valence-corrected chi connectivity index (χ1v) is 9.87. The molecule has 1 aromatic carbocycles. The standard InChI is InChI=1S/C17H28FN3O3S/c1-4-17(5-2,13-19)20-16(22)7-6-12-21(3)25(23,24)15-10-8-14(18)9-11-15/h8-11H,4-7,12-13,19H2,1-3H3,(H,20,22). The highest BCUT2D eigenvalue weighted by molar-refractivity contribution is 7.89. The fourth-order valence-electron chi connectivity index (χ4n) is 2.49. The van der Waals surface area contributed by atoms with Crippen LogP contribution in [0.3, 0.4) is 0 Å². The number of rotatable bonds is 10. The molecule has 1 aromatic rings. The molecule has 6 nitrogen and oxygen atoms in total. The van der Waals surface area contributed by atoms with E-state index in [4.69, 9.17) is 5.73 Å². The quantitative estimate of drug-likeness (QED) is 0.655. The average molecular weight is 373 g/mol. The van der Waals surface area contributed by atoms with E-state index in [1.54, 1.807) is 0 Å². The minimum absolute atomic E-state index is 0.0277. The number of hydrogen-bond donors (Lipinski definition) is 2. The number of nitrogens with one attached hydrogen (secondary N) is 1. The molecular weight excluding hydrogens is 345 g/mol. The summed E-state index contributed by atoms with van der Waals surface area (Å²) in [5, 5.41) is 2.96. The van der Waals surface area contributed by atoms with Gasteiger partial charge in [0.1, 0.15) is 5.82 Å². The Labute approximate surface area is 149 Å². The van der Waals surface area contributed by atoms with E-state index in [1.165, 1.54) is 23.5 Å². The summed E-state index contributed by atoms with van der Waals surface area (Å²) in [5.74, 6) is -0.629. The molecule has 0 unspecified atom stereocenters. The van der Waals surface area contributed by atoms with Crippen molar-refractivity contribution >= 4 is 15.9 Å². The highest BCUT2D eigenvalue weighted by Crippen LogP contribution is 2.16. The number of nitrogens with two attached hydrogens (primary N) is 1. The van der Waals surface area contributed by atoms with Gasteiger partial charge in [-0.05, 0) is 43.5 Å². The minimum Gasteiger partial charge on any atom is -0.349 e. The van der Waals surface area contributed by atoms with E-state index < -0.39 is 21.4 Å². The maximum atomic E-state index is 12.9. The van der Waals surface area contributed by atoms with Gasteiger partial charge < -0.3 is 11.1 Å². The van der Waals surface area contributed by atoms with E-state index in [0.29, 0.717) is 13.0 Å². The summed E-state index contributed by atoms with van der Waals surface area (Å²) >= 11 is 0. The first-order chi connectivity index (χ1) is 11.7. The fraction of sp³-hybridized carbons (Fsp3) is 0.588. The summed E-state index contributed by atoms with van der Waals surface area (Å²) in [4.78, 5) is 12.1. The molecule has 0 saturated heterocycles. The van der Waals surface area contributed by atoms with Crippen LogP contribution in [0, 0.1) is 5.82 Å². The molecule has 0 spiro atoms. The summed E-state index contributed by atoms with van der Waals surface area (Å²) in [6.45, 7) is 4.50. The molecular formula is C17H28FN3O3S. The number of sulfonamides is 1. The largest absolute Gasteiger partial charge is 0.349 e. The zero-order valence-electron chi connectivity index (χ0n) is 15.1. The van der Waals surface area contributed by atoms with Crippen LogP contribution < -0.4 is 11.1 Å². The van der Waals surface area contributed by atoms with E-state index in [1.807, 2.05) is 13.8 Å². The Morgan fingerprint density at radius 1 is 1.24 bits per heavy atom. The molecule has 0 aliphatic heterocycles. The fourth-order valence-corrected chi connectivity index (χ4v) is 3.70. The van der Waals surface area contributed by atoms with E-state index in [0.717, 1.165) is 25.0 Å². The van der Waals surface area contributed by atoms with E-state index in [2.05, 4.69) is 5.32 Å². The molecule has 0 atom stereocenters. The van der Waals surface area contributed by atoms with Crippen molar-refractivity contribution in [1.29, 1.82) is 0 Å². The topological polar surface area (TPSA) is 92.5 Å². The summed E-state index contributed by atoms with van der Waals surface area (Å²) in [6, 6.07) is 4.67. The van der Waals surface area contributed by atoms with Crippen molar-refractivity contribution in [2.75, 3.05) is 20.1 Å². The predicted molar refractivity (Wildman–Crippen MR) is 96.0 cm³/mol. The van der Waals surface area contributed by atoms with Gasteiger partial charge in [-0.15, -0.1) is 0 Å². The number of carbonyl (C=O) groups excluding carboxylic acids is 1. The van der Waals surface area contributed by atoms with Gasteiger partial charge in [-0.25, -0.2) is 17.1 Å². The lowest BCUT2D eigenvalue weighted by molar-refractivity contribution is -0.123. The van der Waals surface area contributed by atoms with Gasteiger partial charge >= 0.3 is 0 Å². The number of carbonyl (C=O) groups is 1. The van der Waals surface area contributed by atoms with Crippen LogP contribution in [-0.2, 0) is 14.8 Å². The number of halogens is 1. The third kappa shape index (κ3) is 5.76. The molecule has 142 valence electrons. The Kier molecular flexibility index (Phi) is 7.98. The lowest BCUT2D eigenvalue weighted by atomic mass is 9.92. The zero-order chi connectivity index (χ0) is 19.1. The summed E-state index contributed by atoms with van der Waals surface area (Å²) in [7, 11) is -2.24. The van der Waals surface area contributed by atoms with Gasteiger partial charge in [0, 0.05) is 26.6 Å². The van der Waals surface area contributed by atoms with Crippen molar-refractivity contribution in [3.05, 3.63) is 30.1 Å². The van der Waals surface area contributed by atoms with Gasteiger partial charge in [0.05, 0.1) is 10.4 Å². The van der Waals surface area contributed by atoms with E-state index >= 15 is 0 Å². The summed E-state index contributed by atoms with van der Waals surface area (Å²) in [6.07, 6.45) is 2.08. The van der Waals surface area contributed by atoms with Gasteiger partial charge in [0.25, 0.3) is 0 Å². The van der Waals surface area contributed by atoms with Crippen LogP contribution >= 0.6 is 0 Å². The molecule has 3 N–H and O–H groups in total. The number of hydrogen-bond acceptors (Lipinski definition) is 4.